The molecule has 2 N–H and O–H groups in total. The summed E-state index contributed by atoms with van der Waals surface area (Å²) in [5.74, 6) is -0.957. The van der Waals surface area contributed by atoms with Crippen LogP contribution in [0.1, 0.15) is 155 Å². The number of carbonyl (C=O) groups excluding carboxylic acids is 2. The first kappa shape index (κ1) is 45.8. The molecular weight excluding hydrogens is 627 g/mol. The van der Waals surface area contributed by atoms with Crippen molar-refractivity contribution >= 4 is 19.8 Å². The number of rotatable bonds is 33. The molecule has 0 bridgehead atoms. The molecule has 0 aliphatic carbocycles. The molecule has 0 radical (unpaired) electrons. The van der Waals surface area contributed by atoms with Gasteiger partial charge in [0.25, 0.3) is 0 Å². The van der Waals surface area contributed by atoms with Crippen molar-refractivity contribution in [2.75, 3.05) is 13.2 Å². The van der Waals surface area contributed by atoms with Crippen LogP contribution in [0.15, 0.2) is 60.8 Å². The smallest absolute Gasteiger partial charge is 0.462 e. The van der Waals surface area contributed by atoms with Gasteiger partial charge in [-0.1, -0.05) is 126 Å². The highest BCUT2D eigenvalue weighted by Crippen LogP contribution is 2.35. The Kier molecular flexibility index (Phi) is 33.0. The van der Waals surface area contributed by atoms with Crippen LogP contribution in [0.25, 0.3) is 0 Å². The van der Waals surface area contributed by atoms with E-state index >= 15 is 0 Å². The van der Waals surface area contributed by atoms with Gasteiger partial charge in [-0.3, -0.25) is 14.1 Å². The van der Waals surface area contributed by atoms with Gasteiger partial charge in [-0.2, -0.15) is 0 Å². The maximum atomic E-state index is 12.3. The molecule has 0 amide bonds. The Balaban J connectivity index is 4.08. The summed E-state index contributed by atoms with van der Waals surface area (Å²) < 4.78 is 26.2. The number of phosphoric acid groups is 1. The zero-order valence-electron chi connectivity index (χ0n) is 30.1. The van der Waals surface area contributed by atoms with Crippen LogP contribution in [0, 0.1) is 0 Å². The molecular formula is C39H67O8P. The first-order valence-corrected chi connectivity index (χ1v) is 20.1. The predicted octanol–water partition coefficient (Wildman–Crippen LogP) is 11.0. The van der Waals surface area contributed by atoms with Gasteiger partial charge in [-0.05, 0) is 77.0 Å². The Bertz CT molecular complexity index is 963. The number of hydrogen-bond acceptors (Lipinski definition) is 6. The fourth-order valence-corrected chi connectivity index (χ4v) is 5.13. The summed E-state index contributed by atoms with van der Waals surface area (Å²) in [6, 6.07) is 0. The van der Waals surface area contributed by atoms with E-state index in [0.29, 0.717) is 12.8 Å². The van der Waals surface area contributed by atoms with Crippen LogP contribution in [-0.2, 0) is 28.2 Å². The average molecular weight is 695 g/mol. The summed E-state index contributed by atoms with van der Waals surface area (Å²) in [6.07, 6.45) is 42.3. The third kappa shape index (κ3) is 36.6. The fourth-order valence-electron chi connectivity index (χ4n) is 4.77. The molecule has 0 rings (SSSR count). The number of hydrogen-bond donors (Lipinski definition) is 2. The zero-order chi connectivity index (χ0) is 35.4. The monoisotopic (exact) mass is 694 g/mol. The first-order valence-electron chi connectivity index (χ1n) is 18.6. The average Bonchev–Trinajstić information content (AvgIpc) is 3.05. The fraction of sp³-hybridized carbons (Fsp3) is 0.692. The summed E-state index contributed by atoms with van der Waals surface area (Å²) in [6.45, 7) is 3.50. The lowest BCUT2D eigenvalue weighted by atomic mass is 10.1. The molecule has 0 spiro atoms. The van der Waals surface area contributed by atoms with Gasteiger partial charge in [-0.15, -0.1) is 0 Å². The SMILES string of the molecule is CC/C=C/C/C=C/C/C=C/C/C=C/CCCCC(=O)O[C@H](COC(=O)CCCCC/C=C/CCCCCCCCCC)COP(=O)(O)O. The maximum Gasteiger partial charge on any atom is 0.469 e. The molecule has 0 aromatic heterocycles. The minimum atomic E-state index is -4.77. The van der Waals surface area contributed by atoms with Crippen molar-refractivity contribution in [1.82, 2.24) is 0 Å². The number of ether oxygens (including phenoxy) is 2. The van der Waals surface area contributed by atoms with Crippen molar-refractivity contribution in [3.05, 3.63) is 60.8 Å². The van der Waals surface area contributed by atoms with E-state index in [1.807, 2.05) is 0 Å². The molecule has 0 unspecified atom stereocenters. The second-order valence-corrected chi connectivity index (χ2v) is 13.4. The number of carbonyl (C=O) groups is 2. The Hall–Kier alpha value is -2.25. The Morgan fingerprint density at radius 3 is 1.56 bits per heavy atom. The van der Waals surface area contributed by atoms with E-state index in [9.17, 15) is 14.2 Å². The van der Waals surface area contributed by atoms with Gasteiger partial charge in [0, 0.05) is 12.8 Å². The quantitative estimate of drug-likeness (QED) is 0.0301. The van der Waals surface area contributed by atoms with Crippen molar-refractivity contribution in [2.45, 2.75) is 161 Å². The van der Waals surface area contributed by atoms with Gasteiger partial charge in [-0.25, -0.2) is 4.57 Å². The summed E-state index contributed by atoms with van der Waals surface area (Å²) in [5, 5.41) is 0. The van der Waals surface area contributed by atoms with Gasteiger partial charge in [0.2, 0.25) is 0 Å². The molecule has 0 fully saturated rings. The van der Waals surface area contributed by atoms with Crippen molar-refractivity contribution in [3.63, 3.8) is 0 Å². The molecule has 8 nitrogen and oxygen atoms in total. The third-order valence-electron chi connectivity index (χ3n) is 7.52. The molecule has 0 saturated heterocycles. The van der Waals surface area contributed by atoms with Crippen LogP contribution in [0.4, 0.5) is 0 Å². The van der Waals surface area contributed by atoms with E-state index in [1.54, 1.807) is 0 Å². The standard InChI is InChI=1S/C39H67O8P/c1-3-5-7-9-11-13-15-17-19-21-23-25-27-29-31-33-38(40)45-35-37(36-46-48(42,43)44)47-39(41)34-32-30-28-26-24-22-20-18-16-14-12-10-8-6-4-2/h6,8,12,14,18,20-21,23-24,26,37H,3-5,7,9-11,13,15-17,19,22,25,27-36H2,1-2H3,(H2,42,43,44)/b8-6+,14-12+,20-18+,23-21+,26-24+/t37-/m1/s1. The van der Waals surface area contributed by atoms with Crippen LogP contribution < -0.4 is 0 Å². The Morgan fingerprint density at radius 1 is 0.562 bits per heavy atom. The highest BCUT2D eigenvalue weighted by molar-refractivity contribution is 7.46. The third-order valence-corrected chi connectivity index (χ3v) is 8.01. The van der Waals surface area contributed by atoms with Gasteiger partial charge in [0.05, 0.1) is 6.61 Å². The lowest BCUT2D eigenvalue weighted by Crippen LogP contribution is -2.29. The molecule has 0 saturated carbocycles. The minimum absolute atomic E-state index is 0.154. The highest BCUT2D eigenvalue weighted by atomic mass is 31.2. The van der Waals surface area contributed by atoms with Crippen LogP contribution in [0.2, 0.25) is 0 Å². The molecule has 0 aromatic rings. The molecule has 276 valence electrons. The number of allylic oxidation sites excluding steroid dienone is 10. The van der Waals surface area contributed by atoms with Crippen molar-refractivity contribution in [1.29, 1.82) is 0 Å². The molecule has 1 atom stereocenters. The molecule has 0 heterocycles. The minimum Gasteiger partial charge on any atom is -0.462 e. The van der Waals surface area contributed by atoms with E-state index in [4.69, 9.17) is 19.3 Å². The Labute approximate surface area is 292 Å². The molecule has 0 aliphatic heterocycles. The second-order valence-electron chi connectivity index (χ2n) is 12.2. The summed E-state index contributed by atoms with van der Waals surface area (Å²) in [5.41, 5.74) is 0. The lowest BCUT2D eigenvalue weighted by Gasteiger charge is -2.18. The van der Waals surface area contributed by atoms with Gasteiger partial charge in [0.1, 0.15) is 6.61 Å². The van der Waals surface area contributed by atoms with Crippen molar-refractivity contribution < 1.29 is 37.9 Å². The van der Waals surface area contributed by atoms with Crippen molar-refractivity contribution in [3.8, 4) is 0 Å². The number of unbranched alkanes of at least 4 members (excludes halogenated alkanes) is 13. The largest absolute Gasteiger partial charge is 0.469 e. The van der Waals surface area contributed by atoms with Crippen LogP contribution >= 0.6 is 7.82 Å². The summed E-state index contributed by atoms with van der Waals surface area (Å²) >= 11 is 0. The normalized spacial score (nSPS) is 13.2. The first-order chi connectivity index (χ1) is 23.3. The summed E-state index contributed by atoms with van der Waals surface area (Å²) in [4.78, 5) is 42.6. The van der Waals surface area contributed by atoms with Crippen LogP contribution in [0.3, 0.4) is 0 Å². The lowest BCUT2D eigenvalue weighted by molar-refractivity contribution is -0.161. The van der Waals surface area contributed by atoms with Gasteiger partial charge in [0.15, 0.2) is 6.10 Å². The van der Waals surface area contributed by atoms with Crippen molar-refractivity contribution in [2.24, 2.45) is 0 Å². The molecule has 0 aliphatic rings. The van der Waals surface area contributed by atoms with E-state index in [1.165, 1.54) is 51.4 Å². The van der Waals surface area contributed by atoms with E-state index in [-0.39, 0.29) is 19.4 Å². The number of phosphoric ester groups is 1. The van der Waals surface area contributed by atoms with Crippen LogP contribution in [-0.4, -0.2) is 41.0 Å². The van der Waals surface area contributed by atoms with Gasteiger partial charge < -0.3 is 19.3 Å². The second kappa shape index (κ2) is 34.6. The van der Waals surface area contributed by atoms with E-state index in [2.05, 4.69) is 79.1 Å². The van der Waals surface area contributed by atoms with Crippen LogP contribution in [0.5, 0.6) is 0 Å². The molecule has 48 heavy (non-hydrogen) atoms. The highest BCUT2D eigenvalue weighted by Gasteiger charge is 2.22. The number of esters is 2. The zero-order valence-corrected chi connectivity index (χ0v) is 31.0. The maximum absolute atomic E-state index is 12.3. The molecule has 0 aromatic carbocycles. The van der Waals surface area contributed by atoms with E-state index < -0.39 is 32.5 Å². The molecule has 9 heteroatoms. The van der Waals surface area contributed by atoms with Gasteiger partial charge >= 0.3 is 19.8 Å². The topological polar surface area (TPSA) is 119 Å². The summed E-state index contributed by atoms with van der Waals surface area (Å²) in [7, 11) is -4.77. The van der Waals surface area contributed by atoms with E-state index in [0.717, 1.165) is 64.2 Å². The predicted molar refractivity (Wildman–Crippen MR) is 197 cm³/mol. The Morgan fingerprint density at radius 2 is 1.00 bits per heavy atom.